The van der Waals surface area contributed by atoms with E-state index in [2.05, 4.69) is 5.16 Å². The third-order valence-electron chi connectivity index (χ3n) is 1.97. The van der Waals surface area contributed by atoms with Crippen LogP contribution < -0.4 is 0 Å². The predicted octanol–water partition coefficient (Wildman–Crippen LogP) is -0.0240. The van der Waals surface area contributed by atoms with Crippen LogP contribution in [-0.2, 0) is 16.1 Å². The average molecular weight is 180 g/mol. The van der Waals surface area contributed by atoms with Crippen LogP contribution in [0.2, 0.25) is 0 Å². The van der Waals surface area contributed by atoms with E-state index in [1.165, 1.54) is 11.1 Å². The van der Waals surface area contributed by atoms with Gasteiger partial charge in [-0.1, -0.05) is 5.16 Å². The Kier molecular flexibility index (Phi) is 1.84. The standard InChI is InChI=1S/C8H8N2O3/c11-7-2-4-10(8(7)12)5-6-1-3-9-13-6/h1,3H,2,4-5H2. The quantitative estimate of drug-likeness (QED) is 0.600. The second-order valence-electron chi connectivity index (χ2n) is 2.88. The van der Waals surface area contributed by atoms with Gasteiger partial charge in [0.05, 0.1) is 12.7 Å². The molecule has 1 aromatic heterocycles. The molecule has 5 nitrogen and oxygen atoms in total. The molecule has 68 valence electrons. The molecule has 0 N–H and O–H groups in total. The maximum absolute atomic E-state index is 11.1. The highest BCUT2D eigenvalue weighted by Crippen LogP contribution is 2.10. The molecule has 0 aliphatic carbocycles. The summed E-state index contributed by atoms with van der Waals surface area (Å²) in [6, 6.07) is 1.68. The minimum atomic E-state index is -0.420. The SMILES string of the molecule is O=C1CCN(Cc2ccno2)C1=O. The van der Waals surface area contributed by atoms with Crippen LogP contribution in [0.3, 0.4) is 0 Å². The van der Waals surface area contributed by atoms with Crippen LogP contribution in [0.1, 0.15) is 12.2 Å². The van der Waals surface area contributed by atoms with Crippen molar-refractivity contribution in [2.75, 3.05) is 6.54 Å². The number of aromatic nitrogens is 1. The molecule has 0 saturated carbocycles. The molecule has 0 bridgehead atoms. The number of hydrogen-bond acceptors (Lipinski definition) is 4. The van der Waals surface area contributed by atoms with Crippen molar-refractivity contribution in [3.8, 4) is 0 Å². The molecule has 0 unspecified atom stereocenters. The van der Waals surface area contributed by atoms with E-state index >= 15 is 0 Å². The van der Waals surface area contributed by atoms with Gasteiger partial charge in [0.15, 0.2) is 5.76 Å². The molecule has 2 heterocycles. The van der Waals surface area contributed by atoms with Crippen molar-refractivity contribution in [3.05, 3.63) is 18.0 Å². The molecule has 1 aliphatic rings. The Hall–Kier alpha value is -1.65. The fourth-order valence-electron chi connectivity index (χ4n) is 1.28. The third-order valence-corrected chi connectivity index (χ3v) is 1.97. The van der Waals surface area contributed by atoms with Crippen molar-refractivity contribution in [1.29, 1.82) is 0 Å². The molecule has 2 rings (SSSR count). The molecular weight excluding hydrogens is 172 g/mol. The first-order valence-corrected chi connectivity index (χ1v) is 3.99. The van der Waals surface area contributed by atoms with E-state index in [0.29, 0.717) is 25.3 Å². The van der Waals surface area contributed by atoms with Crippen molar-refractivity contribution >= 4 is 11.7 Å². The summed E-state index contributed by atoms with van der Waals surface area (Å²) >= 11 is 0. The second-order valence-corrected chi connectivity index (χ2v) is 2.88. The van der Waals surface area contributed by atoms with Crippen molar-refractivity contribution < 1.29 is 14.1 Å². The number of rotatable bonds is 2. The fraction of sp³-hybridized carbons (Fsp3) is 0.375. The van der Waals surface area contributed by atoms with Gasteiger partial charge in [-0.2, -0.15) is 0 Å². The minimum absolute atomic E-state index is 0.312. The summed E-state index contributed by atoms with van der Waals surface area (Å²) in [6.07, 6.45) is 1.82. The van der Waals surface area contributed by atoms with E-state index in [4.69, 9.17) is 4.52 Å². The average Bonchev–Trinajstić information content (AvgIpc) is 2.71. The Morgan fingerprint density at radius 3 is 2.92 bits per heavy atom. The van der Waals surface area contributed by atoms with Crippen molar-refractivity contribution in [3.63, 3.8) is 0 Å². The minimum Gasteiger partial charge on any atom is -0.360 e. The van der Waals surface area contributed by atoms with Gasteiger partial charge in [-0.3, -0.25) is 9.59 Å². The van der Waals surface area contributed by atoms with Crippen molar-refractivity contribution in [2.24, 2.45) is 0 Å². The van der Waals surface area contributed by atoms with Gasteiger partial charge in [0.1, 0.15) is 0 Å². The van der Waals surface area contributed by atoms with Crippen molar-refractivity contribution in [1.82, 2.24) is 10.1 Å². The molecule has 0 aromatic carbocycles. The number of Topliss-reactive ketones (excluding diaryl/α,β-unsaturated/α-hetero) is 1. The zero-order valence-corrected chi connectivity index (χ0v) is 6.90. The molecule has 13 heavy (non-hydrogen) atoms. The molecule has 5 heteroatoms. The van der Waals surface area contributed by atoms with E-state index in [-0.39, 0.29) is 5.78 Å². The van der Waals surface area contributed by atoms with Crippen LogP contribution in [0, 0.1) is 0 Å². The van der Waals surface area contributed by atoms with E-state index in [1.807, 2.05) is 0 Å². The van der Waals surface area contributed by atoms with Gasteiger partial charge in [0, 0.05) is 19.0 Å². The normalized spacial score (nSPS) is 17.1. The monoisotopic (exact) mass is 180 g/mol. The smallest absolute Gasteiger partial charge is 0.290 e. The van der Waals surface area contributed by atoms with Gasteiger partial charge >= 0.3 is 0 Å². The van der Waals surface area contributed by atoms with Gasteiger partial charge in [-0.25, -0.2) is 0 Å². The topological polar surface area (TPSA) is 63.4 Å². The maximum atomic E-state index is 11.1. The van der Waals surface area contributed by atoms with E-state index in [9.17, 15) is 9.59 Å². The highest BCUT2D eigenvalue weighted by molar-refractivity contribution is 6.37. The lowest BCUT2D eigenvalue weighted by Gasteiger charge is -2.10. The van der Waals surface area contributed by atoms with Crippen LogP contribution in [0.25, 0.3) is 0 Å². The molecule has 1 saturated heterocycles. The van der Waals surface area contributed by atoms with Crippen LogP contribution in [-0.4, -0.2) is 28.3 Å². The highest BCUT2D eigenvalue weighted by atomic mass is 16.5. The summed E-state index contributed by atoms with van der Waals surface area (Å²) in [5.41, 5.74) is 0. The van der Waals surface area contributed by atoms with Crippen LogP contribution >= 0.6 is 0 Å². The summed E-state index contributed by atoms with van der Waals surface area (Å²) in [5, 5.41) is 3.51. The van der Waals surface area contributed by atoms with Crippen LogP contribution in [0.5, 0.6) is 0 Å². The Bertz CT molecular complexity index is 331. The third kappa shape index (κ3) is 1.44. The Morgan fingerprint density at radius 2 is 2.38 bits per heavy atom. The Balaban J connectivity index is 2.04. The van der Waals surface area contributed by atoms with Crippen LogP contribution in [0.15, 0.2) is 16.8 Å². The Morgan fingerprint density at radius 1 is 1.54 bits per heavy atom. The van der Waals surface area contributed by atoms with Crippen LogP contribution in [0.4, 0.5) is 0 Å². The summed E-state index contributed by atoms with van der Waals surface area (Å²) in [5.74, 6) is -0.140. The van der Waals surface area contributed by atoms with E-state index < -0.39 is 5.91 Å². The first-order chi connectivity index (χ1) is 6.27. The molecule has 1 aliphatic heterocycles. The van der Waals surface area contributed by atoms with Gasteiger partial charge in [0.2, 0.25) is 5.78 Å². The van der Waals surface area contributed by atoms with Gasteiger partial charge in [0.25, 0.3) is 5.91 Å². The number of carbonyl (C=O) groups is 2. The van der Waals surface area contributed by atoms with Crippen molar-refractivity contribution in [2.45, 2.75) is 13.0 Å². The molecule has 1 amide bonds. The molecule has 1 fully saturated rings. The van der Waals surface area contributed by atoms with Gasteiger partial charge in [-0.15, -0.1) is 0 Å². The largest absolute Gasteiger partial charge is 0.360 e. The second kappa shape index (κ2) is 3.01. The molecule has 0 spiro atoms. The maximum Gasteiger partial charge on any atom is 0.290 e. The number of amides is 1. The molecule has 0 radical (unpaired) electrons. The van der Waals surface area contributed by atoms with Gasteiger partial charge in [-0.05, 0) is 0 Å². The molecular formula is C8H8N2O3. The Labute approximate surface area is 74.3 Å². The lowest BCUT2D eigenvalue weighted by Crippen LogP contribution is -2.26. The lowest BCUT2D eigenvalue weighted by molar-refractivity contribution is -0.140. The molecule has 1 aromatic rings. The predicted molar refractivity (Wildman–Crippen MR) is 41.5 cm³/mol. The summed E-state index contributed by atoms with van der Waals surface area (Å²) in [4.78, 5) is 23.5. The summed E-state index contributed by atoms with van der Waals surface area (Å²) in [6.45, 7) is 0.822. The first-order valence-electron chi connectivity index (χ1n) is 3.99. The number of likely N-dealkylation sites (tertiary alicyclic amines) is 1. The van der Waals surface area contributed by atoms with E-state index in [0.717, 1.165) is 0 Å². The summed E-state index contributed by atoms with van der Waals surface area (Å²) < 4.78 is 4.82. The highest BCUT2D eigenvalue weighted by Gasteiger charge is 2.29. The number of hydrogen-bond donors (Lipinski definition) is 0. The zero-order valence-electron chi connectivity index (χ0n) is 6.90. The summed E-state index contributed by atoms with van der Waals surface area (Å²) in [7, 11) is 0. The van der Waals surface area contributed by atoms with Gasteiger partial charge < -0.3 is 9.42 Å². The number of carbonyl (C=O) groups excluding carboxylic acids is 2. The fourth-order valence-corrected chi connectivity index (χ4v) is 1.28. The number of ketones is 1. The lowest BCUT2D eigenvalue weighted by atomic mass is 10.3. The van der Waals surface area contributed by atoms with E-state index in [1.54, 1.807) is 6.07 Å². The molecule has 0 atom stereocenters. The number of nitrogens with zero attached hydrogens (tertiary/aromatic N) is 2. The first kappa shape index (κ1) is 7.97. The zero-order chi connectivity index (χ0) is 9.26.